The van der Waals surface area contributed by atoms with Crippen LogP contribution in [0.2, 0.25) is 0 Å². The van der Waals surface area contributed by atoms with Gasteiger partial charge in [-0.1, -0.05) is 0 Å². The number of hydrogen-bond donors (Lipinski definition) is 12. The van der Waals surface area contributed by atoms with E-state index in [0.717, 1.165) is 0 Å². The van der Waals surface area contributed by atoms with Gasteiger partial charge in [-0.2, -0.15) is 0 Å². The summed E-state index contributed by atoms with van der Waals surface area (Å²) in [6.45, 7) is -1.24. The molecule has 0 radical (unpaired) electrons. The van der Waals surface area contributed by atoms with Gasteiger partial charge in [0.05, 0.1) is 25.7 Å². The molecule has 2 fully saturated rings. The van der Waals surface area contributed by atoms with Crippen LogP contribution in [-0.2, 0) is 19.2 Å². The quantitative estimate of drug-likeness (QED) is 0.0226. The molecule has 12 N–H and O–H groups in total. The van der Waals surface area contributed by atoms with E-state index in [-0.39, 0.29) is 83.5 Å². The number of benzene rings is 3. The SMILES string of the molecule is O=C(CC(=O)c1ccc(O)cc1)c1ccc(O)cc1.O=C(C[C@@H]1O[C@H](CO)[C@@H](O)[C@H](O)[C@H]1O)c1ccc(O)cc1.O=CO[O-].OC[C@H]1OC(O)[C@H](O)[C@@H](O)[C@@H]1O.[Na+]. The number of aliphatic hydroxyl groups excluding tert-OH is 9. The summed E-state index contributed by atoms with van der Waals surface area (Å²) in [5.41, 5.74) is 1.08. The number of phenols is 3. The summed E-state index contributed by atoms with van der Waals surface area (Å²) in [5.74, 6) is -0.794. The maximum atomic E-state index is 12.1. The molecule has 5 rings (SSSR count). The second-order valence-corrected chi connectivity index (χ2v) is 12.1. The summed E-state index contributed by atoms with van der Waals surface area (Å²) in [6, 6.07) is 17.1. The van der Waals surface area contributed by atoms with Crippen molar-refractivity contribution in [1.82, 2.24) is 0 Å². The first-order chi connectivity index (χ1) is 26.5. The Hall–Kier alpha value is -3.94. The second-order valence-electron chi connectivity index (χ2n) is 12.1. The number of phenolic OH excluding ortho intramolecular Hbond substituents is 3. The molecule has 0 spiro atoms. The van der Waals surface area contributed by atoms with Crippen molar-refractivity contribution in [2.75, 3.05) is 13.2 Å². The number of aliphatic hydroxyl groups is 9. The number of carbonyl (C=O) groups is 4. The number of Topliss-reactive ketones (excluding diaryl/α,β-unsaturated/α-hetero) is 3. The number of ketones is 3. The van der Waals surface area contributed by atoms with Crippen LogP contribution in [0.1, 0.15) is 43.9 Å². The number of carbonyl (C=O) groups excluding carboxylic acids is 4. The largest absolute Gasteiger partial charge is 1.00 e. The van der Waals surface area contributed by atoms with Crippen molar-refractivity contribution >= 4 is 23.8 Å². The van der Waals surface area contributed by atoms with Crippen LogP contribution in [-0.4, -0.2) is 160 Å². The van der Waals surface area contributed by atoms with Crippen LogP contribution in [0.15, 0.2) is 72.8 Å². The number of ether oxygens (including phenoxy) is 2. The molecule has 0 aromatic heterocycles. The second kappa shape index (κ2) is 25.4. The summed E-state index contributed by atoms with van der Waals surface area (Å²) in [6.07, 6.45) is -13.9. The molecule has 3 aromatic rings. The average molecular weight is 819 g/mol. The minimum Gasteiger partial charge on any atom is -0.662 e. The standard InChI is InChI=1S/C15H12O4.C14H18O7.C6H12O6.CH2O3.Na/c16-12-5-1-10(2-6-12)14(18)9-15(19)11-3-7-13(17)8-4-11;15-6-11-13(19)14(20)12(18)10(21-11)5-9(17)7-1-3-8(16)4-2-7;7-1-2-3(8)4(9)5(10)6(11)12-2;2-1-4-3;/h1-8,16-17H,9H2;1-4,10-16,18-20H,5-6H2;2-11H,1H2;1,3H;/q;;;;+1/p-1/t;10-,11+,12-,13+,14+;2-,3-,4+,5-,6?;;/m.01../s1. The number of aromatic hydroxyl groups is 3. The van der Waals surface area contributed by atoms with E-state index in [1.54, 1.807) is 0 Å². The first kappa shape index (κ1) is 51.1. The molecule has 0 bridgehead atoms. The Morgan fingerprint density at radius 3 is 1.21 bits per heavy atom. The topological polar surface area (TPSA) is 362 Å². The predicted octanol–water partition coefficient (Wildman–Crippen LogP) is -6.42. The molecule has 10 atom stereocenters. The van der Waals surface area contributed by atoms with Crippen LogP contribution in [0.4, 0.5) is 0 Å². The number of rotatable bonds is 10. The van der Waals surface area contributed by atoms with Gasteiger partial charge < -0.3 is 80.9 Å². The van der Waals surface area contributed by atoms with Gasteiger partial charge in [-0.05, 0) is 72.8 Å². The molecule has 1 unspecified atom stereocenters. The van der Waals surface area contributed by atoms with Crippen molar-refractivity contribution in [1.29, 1.82) is 0 Å². The van der Waals surface area contributed by atoms with Gasteiger partial charge in [0.1, 0.15) is 66.1 Å². The van der Waals surface area contributed by atoms with Gasteiger partial charge in [-0.15, -0.1) is 0 Å². The zero-order valence-electron chi connectivity index (χ0n) is 30.2. The summed E-state index contributed by atoms with van der Waals surface area (Å²) in [4.78, 5) is 47.0. The van der Waals surface area contributed by atoms with Crippen LogP contribution in [0.5, 0.6) is 17.2 Å². The fourth-order valence-electron chi connectivity index (χ4n) is 5.02. The Morgan fingerprint density at radius 2 is 0.860 bits per heavy atom. The minimum atomic E-state index is -1.57. The van der Waals surface area contributed by atoms with Crippen LogP contribution in [0, 0.1) is 0 Å². The van der Waals surface area contributed by atoms with Crippen LogP contribution in [0.25, 0.3) is 0 Å². The smallest absolute Gasteiger partial charge is 0.662 e. The molecule has 2 aliphatic heterocycles. The Balaban J connectivity index is 0.000000416. The molecule has 308 valence electrons. The minimum absolute atomic E-state index is 0. The first-order valence-electron chi connectivity index (χ1n) is 16.5. The molecular formula is C36H43NaO20. The molecule has 0 saturated carbocycles. The van der Waals surface area contributed by atoms with E-state index in [9.17, 15) is 29.7 Å². The zero-order valence-corrected chi connectivity index (χ0v) is 32.2. The van der Waals surface area contributed by atoms with Crippen molar-refractivity contribution < 1.29 is 130 Å². The van der Waals surface area contributed by atoms with Crippen LogP contribution in [0.3, 0.4) is 0 Å². The van der Waals surface area contributed by atoms with Gasteiger partial charge in [0.2, 0.25) is 0 Å². The van der Waals surface area contributed by atoms with E-state index >= 15 is 0 Å². The number of hydrogen-bond acceptors (Lipinski definition) is 20. The Morgan fingerprint density at radius 1 is 0.544 bits per heavy atom. The summed E-state index contributed by atoms with van der Waals surface area (Å²) in [5, 5.41) is 119. The Kier molecular flexibility index (Phi) is 22.8. The van der Waals surface area contributed by atoms with E-state index in [4.69, 9.17) is 60.7 Å². The summed E-state index contributed by atoms with van der Waals surface area (Å²) >= 11 is 0. The van der Waals surface area contributed by atoms with Crippen molar-refractivity contribution in [3.8, 4) is 17.2 Å². The van der Waals surface area contributed by atoms with Gasteiger partial charge in [0, 0.05) is 23.1 Å². The van der Waals surface area contributed by atoms with E-state index in [1.165, 1.54) is 72.8 Å². The van der Waals surface area contributed by atoms with Crippen molar-refractivity contribution in [2.24, 2.45) is 0 Å². The van der Waals surface area contributed by atoms with E-state index in [2.05, 4.69) is 9.62 Å². The molecule has 0 aliphatic carbocycles. The van der Waals surface area contributed by atoms with E-state index in [1.807, 2.05) is 0 Å². The molecule has 21 heteroatoms. The fourth-order valence-corrected chi connectivity index (χ4v) is 5.02. The third kappa shape index (κ3) is 15.7. The maximum absolute atomic E-state index is 12.1. The Labute approximate surface area is 346 Å². The van der Waals surface area contributed by atoms with E-state index in [0.29, 0.717) is 16.7 Å². The first-order valence-corrected chi connectivity index (χ1v) is 16.5. The van der Waals surface area contributed by atoms with Gasteiger partial charge in [0.25, 0.3) is 6.47 Å². The van der Waals surface area contributed by atoms with Gasteiger partial charge in [-0.25, -0.2) is 0 Å². The molecule has 57 heavy (non-hydrogen) atoms. The van der Waals surface area contributed by atoms with Crippen LogP contribution < -0.4 is 34.8 Å². The van der Waals surface area contributed by atoms with Gasteiger partial charge >= 0.3 is 29.6 Å². The molecule has 20 nitrogen and oxygen atoms in total. The van der Waals surface area contributed by atoms with Crippen molar-refractivity contribution in [3.05, 3.63) is 89.5 Å². The monoisotopic (exact) mass is 818 g/mol. The van der Waals surface area contributed by atoms with Gasteiger partial charge in [-0.3, -0.25) is 19.2 Å². The predicted molar refractivity (Wildman–Crippen MR) is 183 cm³/mol. The van der Waals surface area contributed by atoms with Crippen molar-refractivity contribution in [3.63, 3.8) is 0 Å². The molecule has 0 amide bonds. The average Bonchev–Trinajstić information content (AvgIpc) is 3.19. The van der Waals surface area contributed by atoms with Crippen molar-refractivity contribution in [2.45, 2.75) is 74.1 Å². The third-order valence-corrected chi connectivity index (χ3v) is 8.17. The Bertz CT molecular complexity index is 1600. The zero-order chi connectivity index (χ0) is 42.1. The molecule has 3 aromatic carbocycles. The third-order valence-electron chi connectivity index (χ3n) is 8.17. The maximum Gasteiger partial charge on any atom is 1.00 e. The molecule has 2 heterocycles. The fraction of sp³-hybridized carbons (Fsp3) is 0.389. The molecular weight excluding hydrogens is 775 g/mol. The van der Waals surface area contributed by atoms with E-state index < -0.39 is 74.4 Å². The van der Waals surface area contributed by atoms with Gasteiger partial charge in [0.15, 0.2) is 23.6 Å². The molecule has 2 saturated heterocycles. The molecule has 2 aliphatic rings. The van der Waals surface area contributed by atoms with Crippen LogP contribution >= 0.6 is 0 Å². The summed E-state index contributed by atoms with van der Waals surface area (Å²) in [7, 11) is 0. The normalized spacial score (nSPS) is 26.2. The summed E-state index contributed by atoms with van der Waals surface area (Å²) < 4.78 is 9.84.